The molecule has 1 amide bonds. The number of imidazole rings is 1. The third kappa shape index (κ3) is 4.28. The number of hydrogen-bond acceptors (Lipinski definition) is 4. The first-order valence-corrected chi connectivity index (χ1v) is 11.1. The van der Waals surface area contributed by atoms with Gasteiger partial charge in [0.15, 0.2) is 0 Å². The highest BCUT2D eigenvalue weighted by Crippen LogP contribution is 2.41. The van der Waals surface area contributed by atoms with Crippen LogP contribution in [-0.2, 0) is 11.3 Å². The van der Waals surface area contributed by atoms with Gasteiger partial charge in [-0.05, 0) is 37.8 Å². The summed E-state index contributed by atoms with van der Waals surface area (Å²) in [7, 11) is 0. The maximum atomic E-state index is 13.0. The zero-order chi connectivity index (χ0) is 21.6. The molecule has 3 aliphatic rings. The quantitative estimate of drug-likeness (QED) is 0.745. The lowest BCUT2D eigenvalue weighted by molar-refractivity contribution is -0.185. The summed E-state index contributed by atoms with van der Waals surface area (Å²) in [5, 5.41) is 3.48. The van der Waals surface area contributed by atoms with E-state index in [1.807, 2.05) is 4.57 Å². The van der Waals surface area contributed by atoms with E-state index in [4.69, 9.17) is 21.1 Å². The molecule has 1 N–H and O–H groups in total. The van der Waals surface area contributed by atoms with Crippen LogP contribution in [0.5, 0.6) is 5.75 Å². The van der Waals surface area contributed by atoms with Crippen molar-refractivity contribution in [3.05, 3.63) is 35.2 Å². The first kappa shape index (κ1) is 20.7. The Hall–Kier alpha value is -2.19. The molecule has 166 valence electrons. The van der Waals surface area contributed by atoms with Crippen LogP contribution in [-0.4, -0.2) is 46.2 Å². The maximum Gasteiger partial charge on any atom is 0.253 e. The van der Waals surface area contributed by atoms with Crippen molar-refractivity contribution in [2.24, 2.45) is 0 Å². The van der Waals surface area contributed by atoms with Crippen LogP contribution in [0.25, 0.3) is 11.3 Å². The average molecular weight is 452 g/mol. The van der Waals surface area contributed by atoms with Crippen molar-refractivity contribution in [3.8, 4) is 17.0 Å². The van der Waals surface area contributed by atoms with Gasteiger partial charge in [-0.15, -0.1) is 0 Å². The largest absolute Gasteiger partial charge is 0.489 e. The molecule has 5 rings (SSSR count). The molecule has 2 saturated carbocycles. The smallest absolute Gasteiger partial charge is 0.253 e. The molecule has 0 atom stereocenters. The topological polar surface area (TPSA) is 65.4 Å². The van der Waals surface area contributed by atoms with Gasteiger partial charge in [0.05, 0.1) is 42.0 Å². The molecule has 2 fully saturated rings. The molecule has 1 aromatic heterocycles. The summed E-state index contributed by atoms with van der Waals surface area (Å²) in [6.45, 7) is 1.14. The lowest BCUT2D eigenvalue weighted by atomic mass is 9.88. The number of nitrogens with one attached hydrogen (secondary N) is 1. The number of carbonyl (C=O) groups is 1. The number of halogens is 3. The third-order valence-electron chi connectivity index (χ3n) is 6.32. The Labute approximate surface area is 183 Å². The van der Waals surface area contributed by atoms with Crippen LogP contribution in [0.1, 0.15) is 48.9 Å². The van der Waals surface area contributed by atoms with Gasteiger partial charge in [-0.2, -0.15) is 0 Å². The number of nitrogens with zero attached hydrogens (tertiary/aromatic N) is 2. The number of amides is 1. The van der Waals surface area contributed by atoms with E-state index in [1.54, 1.807) is 24.7 Å². The second-order valence-electron chi connectivity index (χ2n) is 8.62. The van der Waals surface area contributed by atoms with Gasteiger partial charge in [0.2, 0.25) is 0 Å². The van der Waals surface area contributed by atoms with Crippen LogP contribution in [0.15, 0.2) is 24.7 Å². The number of aromatic nitrogens is 2. The van der Waals surface area contributed by atoms with Crippen LogP contribution >= 0.6 is 11.6 Å². The van der Waals surface area contributed by atoms with Gasteiger partial charge in [0.25, 0.3) is 11.8 Å². The van der Waals surface area contributed by atoms with Crippen molar-refractivity contribution in [1.29, 1.82) is 0 Å². The molecule has 2 aromatic rings. The zero-order valence-corrected chi connectivity index (χ0v) is 17.7. The van der Waals surface area contributed by atoms with E-state index < -0.39 is 5.92 Å². The lowest BCUT2D eigenvalue weighted by Crippen LogP contribution is -2.45. The Bertz CT molecular complexity index is 980. The fraction of sp³-hybridized carbons (Fsp3) is 0.545. The Morgan fingerprint density at radius 3 is 2.74 bits per heavy atom. The number of carbonyl (C=O) groups excluding carboxylic acids is 1. The molecule has 0 bridgehead atoms. The van der Waals surface area contributed by atoms with Gasteiger partial charge in [-0.1, -0.05) is 11.6 Å². The van der Waals surface area contributed by atoms with Crippen molar-refractivity contribution in [3.63, 3.8) is 0 Å². The number of alkyl halides is 2. The van der Waals surface area contributed by atoms with E-state index >= 15 is 0 Å². The van der Waals surface area contributed by atoms with Gasteiger partial charge in [0.1, 0.15) is 12.4 Å². The van der Waals surface area contributed by atoms with E-state index in [1.165, 1.54) is 0 Å². The minimum atomic E-state index is -2.56. The van der Waals surface area contributed by atoms with Crippen LogP contribution in [0.4, 0.5) is 8.78 Å². The number of fused-ring (bicyclic) bond motifs is 3. The number of ether oxygens (including phenoxy) is 2. The first-order valence-electron chi connectivity index (χ1n) is 10.7. The van der Waals surface area contributed by atoms with E-state index in [2.05, 4.69) is 10.3 Å². The second-order valence-corrected chi connectivity index (χ2v) is 9.03. The SMILES string of the molecule is O=C(NC1CCC(OC2CC(F)(F)C2)CC1)c1cc(Cl)c2c(c1)-c1cncn1CCO2. The van der Waals surface area contributed by atoms with E-state index in [0.717, 1.165) is 36.9 Å². The summed E-state index contributed by atoms with van der Waals surface area (Å²) >= 11 is 6.44. The minimum absolute atomic E-state index is 0.00590. The molecule has 31 heavy (non-hydrogen) atoms. The second kappa shape index (κ2) is 8.06. The van der Waals surface area contributed by atoms with Gasteiger partial charge in [-0.3, -0.25) is 4.79 Å². The fourth-order valence-electron chi connectivity index (χ4n) is 4.62. The van der Waals surface area contributed by atoms with Crippen molar-refractivity contribution in [2.45, 2.75) is 69.2 Å². The Morgan fingerprint density at radius 2 is 2.00 bits per heavy atom. The van der Waals surface area contributed by atoms with Crippen molar-refractivity contribution in [1.82, 2.24) is 14.9 Å². The molecular formula is C22H24ClF2N3O3. The van der Waals surface area contributed by atoms with Gasteiger partial charge >= 0.3 is 0 Å². The summed E-state index contributed by atoms with van der Waals surface area (Å²) in [6, 6.07) is 3.45. The highest BCUT2D eigenvalue weighted by Gasteiger charge is 2.47. The number of benzene rings is 1. The minimum Gasteiger partial charge on any atom is -0.489 e. The van der Waals surface area contributed by atoms with Gasteiger partial charge in [0, 0.05) is 30.0 Å². The summed E-state index contributed by atoms with van der Waals surface area (Å²) in [5.41, 5.74) is 2.09. The van der Waals surface area contributed by atoms with E-state index in [0.29, 0.717) is 29.5 Å². The molecule has 9 heteroatoms. The normalized spacial score (nSPS) is 24.9. The standard InChI is InChI=1S/C22H24ClF2N3O3/c23-18-8-13(7-17-19-11-26-12-28(19)5-6-30-20(17)18)21(29)27-14-1-3-15(4-2-14)31-16-9-22(24,25)10-16/h7-8,11-12,14-16H,1-6,9-10H2,(H,27,29). The molecule has 6 nitrogen and oxygen atoms in total. The Balaban J connectivity index is 1.22. The van der Waals surface area contributed by atoms with Crippen LogP contribution in [0, 0.1) is 0 Å². The molecule has 0 radical (unpaired) electrons. The van der Waals surface area contributed by atoms with Crippen molar-refractivity contribution >= 4 is 17.5 Å². The Morgan fingerprint density at radius 1 is 1.23 bits per heavy atom. The van der Waals surface area contributed by atoms with Gasteiger partial charge < -0.3 is 19.4 Å². The summed E-state index contributed by atoms with van der Waals surface area (Å²) in [4.78, 5) is 17.1. The monoisotopic (exact) mass is 451 g/mol. The Kier molecular flexibility index (Phi) is 5.38. The van der Waals surface area contributed by atoms with E-state index in [-0.39, 0.29) is 37.0 Å². The maximum absolute atomic E-state index is 13.0. The summed E-state index contributed by atoms with van der Waals surface area (Å²) in [6.07, 6.45) is 5.82. The molecule has 0 unspecified atom stereocenters. The lowest BCUT2D eigenvalue weighted by Gasteiger charge is -2.39. The zero-order valence-electron chi connectivity index (χ0n) is 17.0. The van der Waals surface area contributed by atoms with Crippen molar-refractivity contribution < 1.29 is 23.0 Å². The van der Waals surface area contributed by atoms with Crippen molar-refractivity contribution in [2.75, 3.05) is 6.61 Å². The van der Waals surface area contributed by atoms with Crippen LogP contribution < -0.4 is 10.1 Å². The predicted octanol–water partition coefficient (Wildman–Crippen LogP) is 4.45. The molecule has 2 heterocycles. The average Bonchev–Trinajstić information content (AvgIpc) is 3.10. The van der Waals surface area contributed by atoms with Crippen LogP contribution in [0.3, 0.4) is 0 Å². The molecule has 2 aliphatic carbocycles. The number of hydrogen-bond donors (Lipinski definition) is 1. The molecule has 1 aromatic carbocycles. The van der Waals surface area contributed by atoms with Gasteiger partial charge in [-0.25, -0.2) is 13.8 Å². The molecule has 0 spiro atoms. The fourth-order valence-corrected chi connectivity index (χ4v) is 4.89. The number of rotatable bonds is 4. The third-order valence-corrected chi connectivity index (χ3v) is 6.60. The molecule has 0 saturated heterocycles. The molecule has 1 aliphatic heterocycles. The first-order chi connectivity index (χ1) is 14.9. The van der Waals surface area contributed by atoms with Crippen LogP contribution in [0.2, 0.25) is 5.02 Å². The highest BCUT2D eigenvalue weighted by molar-refractivity contribution is 6.33. The predicted molar refractivity (Wildman–Crippen MR) is 111 cm³/mol. The highest BCUT2D eigenvalue weighted by atomic mass is 35.5. The van der Waals surface area contributed by atoms with E-state index in [9.17, 15) is 13.6 Å². The summed E-state index contributed by atoms with van der Waals surface area (Å²) < 4.78 is 39.5. The molecular weight excluding hydrogens is 428 g/mol. The summed E-state index contributed by atoms with van der Waals surface area (Å²) in [5.74, 6) is -2.19.